The third-order valence-electron chi connectivity index (χ3n) is 5.98. The topological polar surface area (TPSA) is 124 Å². The molecular formula is C21H23N3O5. The number of nitrogens with zero attached hydrogens (tertiary/aromatic N) is 2. The highest BCUT2D eigenvalue weighted by Gasteiger charge is 2.53. The monoisotopic (exact) mass is 397 g/mol. The Bertz CT molecular complexity index is 1000. The summed E-state index contributed by atoms with van der Waals surface area (Å²) >= 11 is 0. The molecule has 1 amide bonds. The minimum absolute atomic E-state index is 0.0888. The fraction of sp³-hybridized carbons (Fsp3) is 0.429. The number of carbonyl (C=O) groups excluding carboxylic acids is 2. The van der Waals surface area contributed by atoms with Crippen LogP contribution in [0.4, 0.5) is 5.69 Å². The molecule has 0 saturated heterocycles. The number of hydrogen-bond donors (Lipinski definition) is 3. The summed E-state index contributed by atoms with van der Waals surface area (Å²) in [5.41, 5.74) is 0.294. The second-order valence-electron chi connectivity index (χ2n) is 7.79. The number of aliphatic hydroxyl groups is 1. The van der Waals surface area contributed by atoms with Crippen LogP contribution >= 0.6 is 0 Å². The maximum atomic E-state index is 13.7. The molecule has 1 aromatic heterocycles. The van der Waals surface area contributed by atoms with Crippen LogP contribution in [-0.4, -0.2) is 43.4 Å². The number of carboxylic acid groups (broad SMARTS) is 1. The zero-order valence-electron chi connectivity index (χ0n) is 15.9. The highest BCUT2D eigenvalue weighted by molar-refractivity contribution is 6.16. The van der Waals surface area contributed by atoms with E-state index in [1.54, 1.807) is 18.2 Å². The first-order valence-corrected chi connectivity index (χ1v) is 9.88. The van der Waals surface area contributed by atoms with Gasteiger partial charge in [-0.1, -0.05) is 19.3 Å². The fourth-order valence-electron chi connectivity index (χ4n) is 4.56. The van der Waals surface area contributed by atoms with Crippen molar-refractivity contribution in [3.05, 3.63) is 36.4 Å². The fourth-order valence-corrected chi connectivity index (χ4v) is 4.56. The van der Waals surface area contributed by atoms with Gasteiger partial charge >= 0.3 is 5.97 Å². The summed E-state index contributed by atoms with van der Waals surface area (Å²) in [7, 11) is 0. The van der Waals surface area contributed by atoms with Gasteiger partial charge in [-0.3, -0.25) is 19.3 Å². The van der Waals surface area contributed by atoms with Gasteiger partial charge in [-0.15, -0.1) is 0 Å². The number of H-pyrrole nitrogens is 1. The standard InChI is InChI=1S/C21H23N3O5/c25-17-11-21(9-8-18(26)27,19(28)13-4-2-1-3-5-13)24(20(17)29)14-6-7-15-16(10-14)23-12-22-15/h6-7,10-13,25H,1-5,8-9H2,(H,22,23)(H,26,27). The van der Waals surface area contributed by atoms with Crippen LogP contribution in [0.3, 0.4) is 0 Å². The van der Waals surface area contributed by atoms with E-state index in [0.717, 1.165) is 19.3 Å². The van der Waals surface area contributed by atoms with E-state index in [-0.39, 0.29) is 24.5 Å². The van der Waals surface area contributed by atoms with Crippen molar-refractivity contribution in [2.24, 2.45) is 5.92 Å². The van der Waals surface area contributed by atoms with Gasteiger partial charge in [0.25, 0.3) is 5.91 Å². The minimum Gasteiger partial charge on any atom is -0.503 e. The highest BCUT2D eigenvalue weighted by Crippen LogP contribution is 2.41. The van der Waals surface area contributed by atoms with Crippen LogP contribution in [0, 0.1) is 5.92 Å². The number of aromatic nitrogens is 2. The molecule has 8 heteroatoms. The summed E-state index contributed by atoms with van der Waals surface area (Å²) in [5.74, 6) is -2.73. The number of ketones is 1. The summed E-state index contributed by atoms with van der Waals surface area (Å²) in [5, 5.41) is 19.6. The lowest BCUT2D eigenvalue weighted by atomic mass is 9.75. The molecule has 1 saturated carbocycles. The smallest absolute Gasteiger partial charge is 0.303 e. The van der Waals surface area contributed by atoms with Crippen molar-refractivity contribution < 1.29 is 24.6 Å². The van der Waals surface area contributed by atoms with Crippen LogP contribution < -0.4 is 4.90 Å². The Labute approximate surface area is 167 Å². The number of anilines is 1. The lowest BCUT2D eigenvalue weighted by Gasteiger charge is -2.39. The Morgan fingerprint density at radius 3 is 2.72 bits per heavy atom. The number of fused-ring (bicyclic) bond motifs is 1. The van der Waals surface area contributed by atoms with E-state index in [9.17, 15) is 24.6 Å². The number of benzene rings is 1. The van der Waals surface area contributed by atoms with Crippen molar-refractivity contribution in [3.8, 4) is 0 Å². The summed E-state index contributed by atoms with van der Waals surface area (Å²) in [6.07, 6.45) is 6.74. The van der Waals surface area contributed by atoms with E-state index >= 15 is 0 Å². The molecule has 3 N–H and O–H groups in total. The number of aromatic amines is 1. The number of nitrogens with one attached hydrogen (secondary N) is 1. The molecule has 1 aliphatic carbocycles. The molecule has 1 unspecified atom stereocenters. The number of amides is 1. The van der Waals surface area contributed by atoms with Gasteiger partial charge in [0.2, 0.25) is 0 Å². The van der Waals surface area contributed by atoms with Crippen LogP contribution in [-0.2, 0) is 14.4 Å². The lowest BCUT2D eigenvalue weighted by Crippen LogP contribution is -2.55. The molecular weight excluding hydrogens is 374 g/mol. The van der Waals surface area contributed by atoms with E-state index in [2.05, 4.69) is 9.97 Å². The predicted octanol–water partition coefficient (Wildman–Crippen LogP) is 3.10. The zero-order valence-corrected chi connectivity index (χ0v) is 15.9. The Morgan fingerprint density at radius 1 is 1.24 bits per heavy atom. The Morgan fingerprint density at radius 2 is 2.00 bits per heavy atom. The summed E-state index contributed by atoms with van der Waals surface area (Å²) in [6.45, 7) is 0. The first kappa shape index (κ1) is 19.2. The van der Waals surface area contributed by atoms with E-state index in [4.69, 9.17) is 0 Å². The summed E-state index contributed by atoms with van der Waals surface area (Å²) < 4.78 is 0. The second-order valence-corrected chi connectivity index (χ2v) is 7.79. The quantitative estimate of drug-likeness (QED) is 0.688. The van der Waals surface area contributed by atoms with E-state index in [1.165, 1.54) is 17.3 Å². The Hall–Kier alpha value is -3.16. The normalized spacial score (nSPS) is 22.8. The number of aliphatic carboxylic acids is 1. The third kappa shape index (κ3) is 3.28. The van der Waals surface area contributed by atoms with Gasteiger partial charge in [0, 0.05) is 18.0 Å². The summed E-state index contributed by atoms with van der Waals surface area (Å²) in [6, 6.07) is 5.07. The number of hydrogen-bond acceptors (Lipinski definition) is 5. The predicted molar refractivity (Wildman–Crippen MR) is 105 cm³/mol. The van der Waals surface area contributed by atoms with Crippen LogP contribution in [0.5, 0.6) is 0 Å². The maximum Gasteiger partial charge on any atom is 0.303 e. The largest absolute Gasteiger partial charge is 0.503 e. The second kappa shape index (κ2) is 7.35. The zero-order chi connectivity index (χ0) is 20.6. The van der Waals surface area contributed by atoms with E-state index < -0.39 is 23.2 Å². The molecule has 1 fully saturated rings. The molecule has 2 aromatic rings. The van der Waals surface area contributed by atoms with E-state index in [0.29, 0.717) is 29.6 Å². The number of carboxylic acids is 1. The number of aliphatic hydroxyl groups excluding tert-OH is 1. The van der Waals surface area contributed by atoms with Gasteiger partial charge in [0.05, 0.1) is 17.4 Å². The molecule has 0 radical (unpaired) electrons. The van der Waals surface area contributed by atoms with Crippen molar-refractivity contribution in [2.75, 3.05) is 4.90 Å². The van der Waals surface area contributed by atoms with Crippen LogP contribution in [0.2, 0.25) is 0 Å². The molecule has 1 aliphatic heterocycles. The van der Waals surface area contributed by atoms with Gasteiger partial charge in [0.15, 0.2) is 11.5 Å². The number of imidazole rings is 1. The van der Waals surface area contributed by atoms with Gasteiger partial charge in [0.1, 0.15) is 5.54 Å². The highest BCUT2D eigenvalue weighted by atomic mass is 16.4. The molecule has 152 valence electrons. The molecule has 0 bridgehead atoms. The average Bonchev–Trinajstić information content (AvgIpc) is 3.29. The molecule has 4 rings (SSSR count). The first-order chi connectivity index (χ1) is 13.9. The average molecular weight is 397 g/mol. The molecule has 1 aromatic carbocycles. The van der Waals surface area contributed by atoms with Gasteiger partial charge < -0.3 is 15.2 Å². The van der Waals surface area contributed by atoms with E-state index in [1.807, 2.05) is 0 Å². The molecule has 0 spiro atoms. The molecule has 2 heterocycles. The number of Topliss-reactive ketones (excluding diaryl/α,β-unsaturated/α-hetero) is 1. The first-order valence-electron chi connectivity index (χ1n) is 9.88. The van der Waals surface area contributed by atoms with Crippen LogP contribution in [0.1, 0.15) is 44.9 Å². The van der Waals surface area contributed by atoms with Gasteiger partial charge in [-0.05, 0) is 43.5 Å². The van der Waals surface area contributed by atoms with Crippen molar-refractivity contribution in [1.82, 2.24) is 9.97 Å². The third-order valence-corrected chi connectivity index (χ3v) is 5.98. The SMILES string of the molecule is O=C(O)CCC1(C(=O)C2CCCCC2)C=C(O)C(=O)N1c1ccc2nc[nH]c2c1. The molecule has 1 atom stereocenters. The minimum atomic E-state index is -1.50. The lowest BCUT2D eigenvalue weighted by molar-refractivity contribution is -0.138. The molecule has 2 aliphatic rings. The van der Waals surface area contributed by atoms with Gasteiger partial charge in [-0.2, -0.15) is 0 Å². The summed E-state index contributed by atoms with van der Waals surface area (Å²) in [4.78, 5) is 46.3. The molecule has 29 heavy (non-hydrogen) atoms. The van der Waals surface area contributed by atoms with Crippen molar-refractivity contribution in [3.63, 3.8) is 0 Å². The van der Waals surface area contributed by atoms with Crippen LogP contribution in [0.25, 0.3) is 11.0 Å². The van der Waals surface area contributed by atoms with Crippen molar-refractivity contribution in [2.45, 2.75) is 50.5 Å². The van der Waals surface area contributed by atoms with Crippen molar-refractivity contribution in [1.29, 1.82) is 0 Å². The maximum absolute atomic E-state index is 13.7. The Balaban J connectivity index is 1.81. The van der Waals surface area contributed by atoms with Crippen molar-refractivity contribution >= 4 is 34.4 Å². The number of carbonyl (C=O) groups is 3. The number of rotatable bonds is 6. The van der Waals surface area contributed by atoms with Gasteiger partial charge in [-0.25, -0.2) is 4.98 Å². The van der Waals surface area contributed by atoms with Crippen LogP contribution in [0.15, 0.2) is 36.4 Å². The Kier molecular flexibility index (Phi) is 4.86. The molecule has 8 nitrogen and oxygen atoms in total.